The van der Waals surface area contributed by atoms with Gasteiger partial charge in [0.25, 0.3) is 0 Å². The van der Waals surface area contributed by atoms with Gasteiger partial charge < -0.3 is 5.73 Å². The first-order valence-electron chi connectivity index (χ1n) is 6.11. The SMILES string of the molecule is Cl.NCC1CCCC1NS(=O)(=O)c1ccc(Br)cc1F. The summed E-state index contributed by atoms with van der Waals surface area (Å²) in [4.78, 5) is -0.321. The van der Waals surface area contributed by atoms with Crippen molar-refractivity contribution in [1.29, 1.82) is 0 Å². The molecule has 0 saturated heterocycles. The first-order valence-corrected chi connectivity index (χ1v) is 8.39. The lowest BCUT2D eigenvalue weighted by Gasteiger charge is -2.19. The Hall–Kier alpha value is -0.210. The summed E-state index contributed by atoms with van der Waals surface area (Å²) in [5, 5.41) is 0. The molecule has 0 aromatic heterocycles. The highest BCUT2D eigenvalue weighted by Crippen LogP contribution is 2.27. The molecular weight excluding hydrogens is 371 g/mol. The lowest BCUT2D eigenvalue weighted by atomic mass is 10.1. The first-order chi connectivity index (χ1) is 8.94. The summed E-state index contributed by atoms with van der Waals surface area (Å²) in [5.41, 5.74) is 5.62. The van der Waals surface area contributed by atoms with Crippen molar-refractivity contribution >= 4 is 38.4 Å². The predicted octanol–water partition coefficient (Wildman–Crippen LogP) is 2.42. The standard InChI is InChI=1S/C12H16BrFN2O2S.ClH/c13-9-4-5-12(10(14)6-9)19(17,18)16-11-3-1-2-8(11)7-15;/h4-6,8,11,16H,1-3,7,15H2;1H. The van der Waals surface area contributed by atoms with Crippen molar-refractivity contribution in [3.63, 3.8) is 0 Å². The minimum Gasteiger partial charge on any atom is -0.330 e. The average Bonchev–Trinajstić information content (AvgIpc) is 2.74. The molecule has 8 heteroatoms. The lowest BCUT2D eigenvalue weighted by Crippen LogP contribution is -2.40. The fourth-order valence-corrected chi connectivity index (χ4v) is 4.16. The number of nitrogens with two attached hydrogens (primary N) is 1. The van der Waals surface area contributed by atoms with E-state index in [-0.39, 0.29) is 29.3 Å². The molecule has 3 N–H and O–H groups in total. The summed E-state index contributed by atoms with van der Waals surface area (Å²) >= 11 is 3.10. The van der Waals surface area contributed by atoms with Crippen LogP contribution in [0.25, 0.3) is 0 Å². The van der Waals surface area contributed by atoms with Crippen molar-refractivity contribution in [1.82, 2.24) is 4.72 Å². The van der Waals surface area contributed by atoms with Crippen molar-refractivity contribution in [2.24, 2.45) is 11.7 Å². The zero-order valence-corrected chi connectivity index (χ0v) is 13.9. The minimum atomic E-state index is -3.84. The van der Waals surface area contributed by atoms with E-state index in [0.717, 1.165) is 25.3 Å². The van der Waals surface area contributed by atoms with Crippen LogP contribution < -0.4 is 10.5 Å². The minimum absolute atomic E-state index is 0. The largest absolute Gasteiger partial charge is 0.330 e. The van der Waals surface area contributed by atoms with Crippen LogP contribution in [0.3, 0.4) is 0 Å². The van der Waals surface area contributed by atoms with Crippen LogP contribution in [0.15, 0.2) is 27.6 Å². The van der Waals surface area contributed by atoms with Crippen LogP contribution in [0.5, 0.6) is 0 Å². The van der Waals surface area contributed by atoms with Gasteiger partial charge in [-0.2, -0.15) is 0 Å². The smallest absolute Gasteiger partial charge is 0.243 e. The molecule has 1 aliphatic carbocycles. The number of hydrogen-bond acceptors (Lipinski definition) is 3. The van der Waals surface area contributed by atoms with E-state index in [9.17, 15) is 12.8 Å². The molecule has 20 heavy (non-hydrogen) atoms. The molecule has 0 spiro atoms. The fourth-order valence-electron chi connectivity index (χ4n) is 2.43. The third-order valence-electron chi connectivity index (χ3n) is 3.45. The van der Waals surface area contributed by atoms with Gasteiger partial charge in [0.1, 0.15) is 10.7 Å². The molecule has 4 nitrogen and oxygen atoms in total. The van der Waals surface area contributed by atoms with E-state index in [2.05, 4.69) is 20.7 Å². The van der Waals surface area contributed by atoms with E-state index in [1.807, 2.05) is 0 Å². The lowest BCUT2D eigenvalue weighted by molar-refractivity contribution is 0.451. The highest BCUT2D eigenvalue weighted by molar-refractivity contribution is 9.10. The summed E-state index contributed by atoms with van der Waals surface area (Å²) < 4.78 is 41.1. The third kappa shape index (κ3) is 3.92. The van der Waals surface area contributed by atoms with E-state index >= 15 is 0 Å². The molecular formula is C12H17BrClFN2O2S. The van der Waals surface area contributed by atoms with Crippen LogP contribution in [0, 0.1) is 11.7 Å². The van der Waals surface area contributed by atoms with Gasteiger partial charge in [0, 0.05) is 10.5 Å². The quantitative estimate of drug-likeness (QED) is 0.833. The Morgan fingerprint density at radius 2 is 2.10 bits per heavy atom. The molecule has 1 aliphatic rings. The van der Waals surface area contributed by atoms with Gasteiger partial charge >= 0.3 is 0 Å². The summed E-state index contributed by atoms with van der Waals surface area (Å²) in [5.74, 6) is -0.627. The molecule has 1 aromatic rings. The van der Waals surface area contributed by atoms with Crippen molar-refractivity contribution in [3.8, 4) is 0 Å². The first kappa shape index (κ1) is 17.8. The van der Waals surface area contributed by atoms with Crippen molar-refractivity contribution in [2.75, 3.05) is 6.54 Å². The fraction of sp³-hybridized carbons (Fsp3) is 0.500. The maximum absolute atomic E-state index is 13.7. The van der Waals surface area contributed by atoms with Gasteiger partial charge in [-0.1, -0.05) is 22.4 Å². The molecule has 0 radical (unpaired) electrons. The van der Waals surface area contributed by atoms with Gasteiger partial charge in [-0.15, -0.1) is 12.4 Å². The van der Waals surface area contributed by atoms with Crippen molar-refractivity contribution in [2.45, 2.75) is 30.2 Å². The topological polar surface area (TPSA) is 72.2 Å². The molecule has 1 fully saturated rings. The molecule has 1 aromatic carbocycles. The Kier molecular flexibility index (Phi) is 6.40. The Labute approximate surface area is 132 Å². The average molecular weight is 388 g/mol. The van der Waals surface area contributed by atoms with Crippen molar-refractivity contribution < 1.29 is 12.8 Å². The van der Waals surface area contributed by atoms with Crippen LogP contribution in [0.4, 0.5) is 4.39 Å². The van der Waals surface area contributed by atoms with E-state index in [0.29, 0.717) is 11.0 Å². The summed E-state index contributed by atoms with van der Waals surface area (Å²) in [6, 6.07) is 3.71. The summed E-state index contributed by atoms with van der Waals surface area (Å²) in [6.45, 7) is 0.440. The van der Waals surface area contributed by atoms with Gasteiger partial charge in [0.15, 0.2) is 0 Å². The second-order valence-corrected chi connectivity index (χ2v) is 7.33. The molecule has 2 unspecified atom stereocenters. The van der Waals surface area contributed by atoms with Gasteiger partial charge in [0.05, 0.1) is 0 Å². The van der Waals surface area contributed by atoms with E-state index < -0.39 is 15.8 Å². The molecule has 2 atom stereocenters. The second kappa shape index (κ2) is 7.17. The Balaban J connectivity index is 0.00000200. The van der Waals surface area contributed by atoms with Crippen LogP contribution in [0.2, 0.25) is 0 Å². The Bertz CT molecular complexity index is 571. The summed E-state index contributed by atoms with van der Waals surface area (Å²) in [6.07, 6.45) is 2.60. The third-order valence-corrected chi connectivity index (χ3v) is 5.47. The van der Waals surface area contributed by atoms with E-state index in [1.54, 1.807) is 0 Å². The number of halogens is 3. The number of benzene rings is 1. The Morgan fingerprint density at radius 1 is 1.40 bits per heavy atom. The zero-order chi connectivity index (χ0) is 14.0. The molecule has 0 heterocycles. The number of sulfonamides is 1. The van der Waals surface area contributed by atoms with E-state index in [1.165, 1.54) is 12.1 Å². The maximum atomic E-state index is 13.7. The predicted molar refractivity (Wildman–Crippen MR) is 81.9 cm³/mol. The highest BCUT2D eigenvalue weighted by atomic mass is 79.9. The van der Waals surface area contributed by atoms with Gasteiger partial charge in [-0.25, -0.2) is 17.5 Å². The second-order valence-electron chi connectivity index (χ2n) is 4.73. The van der Waals surface area contributed by atoms with Crippen LogP contribution in [-0.2, 0) is 10.0 Å². The molecule has 0 amide bonds. The van der Waals surface area contributed by atoms with Gasteiger partial charge in [-0.3, -0.25) is 0 Å². The zero-order valence-electron chi connectivity index (χ0n) is 10.7. The highest BCUT2D eigenvalue weighted by Gasteiger charge is 2.31. The number of nitrogens with one attached hydrogen (secondary N) is 1. The van der Waals surface area contributed by atoms with Crippen molar-refractivity contribution in [3.05, 3.63) is 28.5 Å². The molecule has 0 bridgehead atoms. The molecule has 0 aliphatic heterocycles. The van der Waals surface area contributed by atoms with Crippen LogP contribution >= 0.6 is 28.3 Å². The Morgan fingerprint density at radius 3 is 2.70 bits per heavy atom. The molecule has 1 saturated carbocycles. The monoisotopic (exact) mass is 386 g/mol. The molecule has 114 valence electrons. The number of hydrogen-bond donors (Lipinski definition) is 2. The van der Waals surface area contributed by atoms with Gasteiger partial charge in [-0.05, 0) is 43.5 Å². The van der Waals surface area contributed by atoms with Crippen LogP contribution in [-0.4, -0.2) is 21.0 Å². The van der Waals surface area contributed by atoms with E-state index in [4.69, 9.17) is 5.73 Å². The van der Waals surface area contributed by atoms with Gasteiger partial charge in [0.2, 0.25) is 10.0 Å². The molecule has 2 rings (SSSR count). The number of rotatable bonds is 4. The summed E-state index contributed by atoms with van der Waals surface area (Å²) in [7, 11) is -3.84. The van der Waals surface area contributed by atoms with Crippen LogP contribution in [0.1, 0.15) is 19.3 Å². The maximum Gasteiger partial charge on any atom is 0.243 e. The normalized spacial score (nSPS) is 22.6.